The number of halogens is 2. The number of carbonyl (C=O) groups is 3. The Bertz CT molecular complexity index is 843. The Morgan fingerprint density at radius 3 is 2.48 bits per heavy atom. The minimum absolute atomic E-state index is 0.0248. The van der Waals surface area contributed by atoms with Crippen LogP contribution in [0.15, 0.2) is 12.1 Å². The van der Waals surface area contributed by atoms with Crippen molar-refractivity contribution in [3.63, 3.8) is 0 Å². The third kappa shape index (κ3) is 5.22. The van der Waals surface area contributed by atoms with Crippen LogP contribution in [0.25, 0.3) is 0 Å². The molecule has 3 rings (SSSR count). The minimum atomic E-state index is -0.836. The summed E-state index contributed by atoms with van der Waals surface area (Å²) in [7, 11) is 0. The first-order chi connectivity index (χ1) is 14.7. The highest BCUT2D eigenvalue weighted by Crippen LogP contribution is 2.31. The molecule has 0 spiro atoms. The zero-order valence-corrected chi connectivity index (χ0v) is 17.7. The van der Waals surface area contributed by atoms with Gasteiger partial charge in [-0.25, -0.2) is 18.6 Å². The number of hydrogen-bond donors (Lipinski definition) is 1. The van der Waals surface area contributed by atoms with Crippen LogP contribution < -0.4 is 15.1 Å². The van der Waals surface area contributed by atoms with Crippen LogP contribution >= 0.6 is 0 Å². The Kier molecular flexibility index (Phi) is 6.94. The number of hydroxylamine groups is 2. The first kappa shape index (κ1) is 22.7. The van der Waals surface area contributed by atoms with Gasteiger partial charge >= 0.3 is 6.09 Å². The molecule has 2 aliphatic rings. The van der Waals surface area contributed by atoms with Crippen LogP contribution in [0, 0.1) is 17.6 Å². The molecule has 0 saturated carbocycles. The van der Waals surface area contributed by atoms with Crippen molar-refractivity contribution in [2.24, 2.45) is 5.92 Å². The Morgan fingerprint density at radius 2 is 1.87 bits per heavy atom. The Balaban J connectivity index is 1.73. The highest BCUT2D eigenvalue weighted by atomic mass is 19.1. The first-order valence-electron chi connectivity index (χ1n) is 10.1. The van der Waals surface area contributed by atoms with Crippen molar-refractivity contribution in [3.8, 4) is 0 Å². The molecule has 0 aliphatic carbocycles. The van der Waals surface area contributed by atoms with Gasteiger partial charge in [-0.3, -0.25) is 19.3 Å². The van der Waals surface area contributed by atoms with Gasteiger partial charge in [-0.05, 0) is 0 Å². The van der Waals surface area contributed by atoms with E-state index in [1.165, 1.54) is 16.9 Å². The van der Waals surface area contributed by atoms with Gasteiger partial charge in [-0.15, -0.1) is 0 Å². The number of ether oxygens (including phenoxy) is 1. The van der Waals surface area contributed by atoms with Crippen LogP contribution in [0.3, 0.4) is 0 Å². The second kappa shape index (κ2) is 9.46. The maximum atomic E-state index is 14.9. The van der Waals surface area contributed by atoms with Crippen molar-refractivity contribution in [3.05, 3.63) is 23.8 Å². The number of anilines is 2. The van der Waals surface area contributed by atoms with Crippen LogP contribution in [0.4, 0.5) is 25.0 Å². The molecule has 1 N–H and O–H groups in total. The van der Waals surface area contributed by atoms with E-state index in [0.717, 1.165) is 17.0 Å². The monoisotopic (exact) mass is 440 g/mol. The number of amides is 3. The molecule has 9 nitrogen and oxygen atoms in total. The number of nitrogens with zero attached hydrogens (tertiary/aromatic N) is 3. The average Bonchev–Trinajstić information content (AvgIpc) is 2.91. The van der Waals surface area contributed by atoms with Gasteiger partial charge < -0.3 is 15.0 Å². The van der Waals surface area contributed by atoms with Crippen LogP contribution in [0.1, 0.15) is 20.8 Å². The standard InChI is InChI=1S/C20H26F2N4O5/c1-12(2)19(28)26-5-4-24(6-7-30-26)18-16(21)8-14(9-17(18)22)25-11-15(31-20(25)29)10-23-13(3)27/h8-9,12,15H,4-7,10-11H2,1-3H3,(H,23,27)/t15-/m0/s1. The smallest absolute Gasteiger partial charge is 0.414 e. The SMILES string of the molecule is CC(=O)NC[C@H]1CN(c2cc(F)c(N3CCON(C(=O)C(C)C)CC3)c(F)c2)C(=O)O1. The normalized spacial score (nSPS) is 19.5. The third-order valence-corrected chi connectivity index (χ3v) is 5.00. The Labute approximate surface area is 178 Å². The quantitative estimate of drug-likeness (QED) is 0.749. The second-order valence-electron chi connectivity index (χ2n) is 7.73. The molecule has 170 valence electrons. The molecule has 1 aromatic rings. The molecular weight excluding hydrogens is 414 g/mol. The summed E-state index contributed by atoms with van der Waals surface area (Å²) in [5.41, 5.74) is -0.217. The summed E-state index contributed by atoms with van der Waals surface area (Å²) < 4.78 is 34.9. The van der Waals surface area contributed by atoms with Crippen LogP contribution in [-0.2, 0) is 19.2 Å². The molecule has 3 amide bonds. The summed E-state index contributed by atoms with van der Waals surface area (Å²) in [6.45, 7) is 5.65. The first-order valence-corrected chi connectivity index (χ1v) is 10.1. The molecule has 0 unspecified atom stereocenters. The molecule has 31 heavy (non-hydrogen) atoms. The van der Waals surface area contributed by atoms with Crippen molar-refractivity contribution in [2.75, 3.05) is 49.1 Å². The van der Waals surface area contributed by atoms with Crippen molar-refractivity contribution >= 4 is 29.3 Å². The van der Waals surface area contributed by atoms with Crippen molar-refractivity contribution in [1.29, 1.82) is 0 Å². The van der Waals surface area contributed by atoms with E-state index in [2.05, 4.69) is 5.32 Å². The number of rotatable bonds is 5. The fraction of sp³-hybridized carbons (Fsp3) is 0.550. The number of carbonyl (C=O) groups excluding carboxylic acids is 3. The fourth-order valence-electron chi connectivity index (χ4n) is 3.44. The maximum absolute atomic E-state index is 14.9. The van der Waals surface area contributed by atoms with E-state index >= 15 is 0 Å². The number of cyclic esters (lactones) is 1. The molecule has 1 atom stereocenters. The predicted octanol–water partition coefficient (Wildman–Crippen LogP) is 1.66. The van der Waals surface area contributed by atoms with E-state index in [1.54, 1.807) is 13.8 Å². The fourth-order valence-corrected chi connectivity index (χ4v) is 3.44. The van der Waals surface area contributed by atoms with Gasteiger partial charge in [-0.2, -0.15) is 0 Å². The van der Waals surface area contributed by atoms with Crippen molar-refractivity contribution < 1.29 is 32.7 Å². The zero-order valence-electron chi connectivity index (χ0n) is 17.7. The lowest BCUT2D eigenvalue weighted by molar-refractivity contribution is -0.185. The van der Waals surface area contributed by atoms with Gasteiger partial charge in [0.2, 0.25) is 11.8 Å². The summed E-state index contributed by atoms with van der Waals surface area (Å²) in [6.07, 6.45) is -1.36. The molecule has 11 heteroatoms. The van der Waals surface area contributed by atoms with Gasteiger partial charge in [-0.1, -0.05) is 13.8 Å². The molecule has 1 aromatic carbocycles. The van der Waals surface area contributed by atoms with Gasteiger partial charge in [0, 0.05) is 38.1 Å². The molecule has 0 aromatic heterocycles. The lowest BCUT2D eigenvalue weighted by Crippen LogP contribution is -2.37. The van der Waals surface area contributed by atoms with E-state index in [-0.39, 0.29) is 68.4 Å². The van der Waals surface area contributed by atoms with E-state index in [1.807, 2.05) is 0 Å². The highest BCUT2D eigenvalue weighted by Gasteiger charge is 2.34. The third-order valence-electron chi connectivity index (χ3n) is 5.00. The summed E-state index contributed by atoms with van der Waals surface area (Å²) in [5.74, 6) is -2.40. The Morgan fingerprint density at radius 1 is 1.19 bits per heavy atom. The number of hydrogen-bond acceptors (Lipinski definition) is 6. The summed E-state index contributed by atoms with van der Waals surface area (Å²) in [4.78, 5) is 43.3. The molecule has 2 fully saturated rings. The van der Waals surface area contributed by atoms with Gasteiger partial charge in [0.25, 0.3) is 0 Å². The van der Waals surface area contributed by atoms with E-state index in [9.17, 15) is 23.2 Å². The minimum Gasteiger partial charge on any atom is -0.442 e. The lowest BCUT2D eigenvalue weighted by atomic mass is 10.2. The lowest BCUT2D eigenvalue weighted by Gasteiger charge is -2.24. The summed E-state index contributed by atoms with van der Waals surface area (Å²) in [6, 6.07) is 2.15. The van der Waals surface area contributed by atoms with E-state index in [0.29, 0.717) is 0 Å². The van der Waals surface area contributed by atoms with Crippen LogP contribution in [0.2, 0.25) is 0 Å². The van der Waals surface area contributed by atoms with Crippen molar-refractivity contribution in [1.82, 2.24) is 10.4 Å². The molecular formula is C20H26F2N4O5. The number of nitrogens with one attached hydrogen (secondary N) is 1. The topological polar surface area (TPSA) is 91.4 Å². The molecule has 2 aliphatic heterocycles. The van der Waals surface area contributed by atoms with Gasteiger partial charge in [0.05, 0.1) is 31.9 Å². The van der Waals surface area contributed by atoms with Crippen LogP contribution in [-0.4, -0.2) is 68.4 Å². The molecule has 0 bridgehead atoms. The maximum Gasteiger partial charge on any atom is 0.414 e. The molecule has 2 saturated heterocycles. The van der Waals surface area contributed by atoms with E-state index < -0.39 is 23.8 Å². The Hall–Kier alpha value is -2.95. The van der Waals surface area contributed by atoms with Gasteiger partial charge in [0.1, 0.15) is 11.8 Å². The predicted molar refractivity (Wildman–Crippen MR) is 107 cm³/mol. The van der Waals surface area contributed by atoms with Gasteiger partial charge in [0.15, 0.2) is 11.6 Å². The zero-order chi connectivity index (χ0) is 22.7. The number of benzene rings is 1. The summed E-state index contributed by atoms with van der Waals surface area (Å²) in [5, 5.41) is 3.77. The second-order valence-corrected chi connectivity index (χ2v) is 7.73. The van der Waals surface area contributed by atoms with Crippen molar-refractivity contribution in [2.45, 2.75) is 26.9 Å². The van der Waals surface area contributed by atoms with Crippen LogP contribution in [0.5, 0.6) is 0 Å². The summed E-state index contributed by atoms with van der Waals surface area (Å²) >= 11 is 0. The largest absolute Gasteiger partial charge is 0.442 e. The highest BCUT2D eigenvalue weighted by molar-refractivity contribution is 5.90. The molecule has 2 heterocycles. The average molecular weight is 440 g/mol. The van der Waals surface area contributed by atoms with E-state index in [4.69, 9.17) is 9.57 Å². The molecule has 0 radical (unpaired) electrons.